The minimum Gasteiger partial charge on any atom is -0.493 e. The molecular formula is C20H19BrN2O4. The van der Waals surface area contributed by atoms with Crippen molar-refractivity contribution in [3.05, 3.63) is 58.1 Å². The van der Waals surface area contributed by atoms with E-state index in [4.69, 9.17) is 9.47 Å². The summed E-state index contributed by atoms with van der Waals surface area (Å²) in [6, 6.07) is 12.4. The molecule has 0 bridgehead atoms. The largest absolute Gasteiger partial charge is 0.493 e. The van der Waals surface area contributed by atoms with Gasteiger partial charge in [0.25, 0.3) is 11.8 Å². The second kappa shape index (κ2) is 7.84. The van der Waals surface area contributed by atoms with Crippen LogP contribution in [-0.4, -0.2) is 25.0 Å². The van der Waals surface area contributed by atoms with Gasteiger partial charge in [-0.2, -0.15) is 0 Å². The third-order valence-electron chi connectivity index (χ3n) is 3.85. The van der Waals surface area contributed by atoms with E-state index in [1.165, 1.54) is 18.2 Å². The molecule has 27 heavy (non-hydrogen) atoms. The fourth-order valence-corrected chi connectivity index (χ4v) is 3.08. The number of hydrogen-bond acceptors (Lipinski definition) is 4. The molecule has 2 aromatic carbocycles. The molecule has 1 saturated heterocycles. The first-order valence-electron chi connectivity index (χ1n) is 8.37. The van der Waals surface area contributed by atoms with Gasteiger partial charge in [-0.3, -0.25) is 15.0 Å². The molecule has 7 heteroatoms. The van der Waals surface area contributed by atoms with Crippen molar-refractivity contribution in [3.63, 3.8) is 0 Å². The molecule has 0 radical (unpaired) electrons. The molecule has 3 rings (SSSR count). The van der Waals surface area contributed by atoms with Crippen LogP contribution in [-0.2, 0) is 9.59 Å². The Hall–Kier alpha value is -2.80. The van der Waals surface area contributed by atoms with Crippen LogP contribution in [0.2, 0.25) is 0 Å². The highest BCUT2D eigenvalue weighted by molar-refractivity contribution is 9.10. The normalized spacial score (nSPS) is 15.4. The number of carbonyl (C=O) groups excluding carboxylic acids is 2. The first-order valence-corrected chi connectivity index (χ1v) is 9.16. The molecule has 0 aliphatic carbocycles. The maximum absolute atomic E-state index is 12.7. The molecule has 0 saturated carbocycles. The van der Waals surface area contributed by atoms with Crippen LogP contribution in [0.5, 0.6) is 11.5 Å². The number of nitrogens with zero attached hydrogens (tertiary/aromatic N) is 1. The van der Waals surface area contributed by atoms with Crippen molar-refractivity contribution >= 4 is 39.5 Å². The van der Waals surface area contributed by atoms with Crippen LogP contribution in [0.15, 0.2) is 52.5 Å². The van der Waals surface area contributed by atoms with E-state index in [9.17, 15) is 9.59 Å². The highest BCUT2D eigenvalue weighted by atomic mass is 79.9. The second-order valence-electron chi connectivity index (χ2n) is 6.17. The molecule has 0 spiro atoms. The molecule has 0 unspecified atom stereocenters. The van der Waals surface area contributed by atoms with Gasteiger partial charge in [0.05, 0.1) is 18.9 Å². The summed E-state index contributed by atoms with van der Waals surface area (Å²) in [7, 11) is 1.54. The highest BCUT2D eigenvalue weighted by Crippen LogP contribution is 2.35. The Balaban J connectivity index is 1.96. The van der Waals surface area contributed by atoms with Crippen LogP contribution >= 0.6 is 15.9 Å². The third-order valence-corrected chi connectivity index (χ3v) is 4.54. The van der Waals surface area contributed by atoms with Gasteiger partial charge in [-0.1, -0.05) is 34.1 Å². The predicted molar refractivity (Wildman–Crippen MR) is 107 cm³/mol. The van der Waals surface area contributed by atoms with Gasteiger partial charge in [0, 0.05) is 4.47 Å². The number of hydrogen-bond donors (Lipinski definition) is 1. The molecule has 140 valence electrons. The Bertz CT molecular complexity index is 910. The van der Waals surface area contributed by atoms with Crippen LogP contribution in [0.25, 0.3) is 6.08 Å². The summed E-state index contributed by atoms with van der Waals surface area (Å²) in [5, 5.41) is 1.23. The van der Waals surface area contributed by atoms with E-state index in [1.807, 2.05) is 19.9 Å². The Kier molecular flexibility index (Phi) is 5.51. The number of carbonyl (C=O) groups is 2. The minimum atomic E-state index is -0.461. The number of anilines is 1. The number of methoxy groups -OCH3 is 1. The summed E-state index contributed by atoms with van der Waals surface area (Å²) in [6.45, 7) is 3.84. The predicted octanol–water partition coefficient (Wildman–Crippen LogP) is 3.71. The van der Waals surface area contributed by atoms with Crippen LogP contribution in [0.1, 0.15) is 19.4 Å². The number of rotatable bonds is 5. The van der Waals surface area contributed by atoms with Gasteiger partial charge in [-0.15, -0.1) is 0 Å². The molecule has 6 nitrogen and oxygen atoms in total. The number of ether oxygens (including phenoxy) is 2. The van der Waals surface area contributed by atoms with E-state index in [0.717, 1.165) is 0 Å². The van der Waals surface area contributed by atoms with E-state index in [1.54, 1.807) is 36.4 Å². The quantitative estimate of drug-likeness (QED) is 0.579. The van der Waals surface area contributed by atoms with E-state index < -0.39 is 11.8 Å². The van der Waals surface area contributed by atoms with Crippen LogP contribution < -0.4 is 19.9 Å². The molecular weight excluding hydrogens is 412 g/mol. The molecule has 0 atom stereocenters. The summed E-state index contributed by atoms with van der Waals surface area (Å²) in [5.74, 6) is 0.218. The molecule has 1 fully saturated rings. The highest BCUT2D eigenvalue weighted by Gasteiger charge is 2.34. The maximum Gasteiger partial charge on any atom is 0.282 e. The Morgan fingerprint density at radius 3 is 2.44 bits per heavy atom. The minimum absolute atomic E-state index is 0.0170. The Morgan fingerprint density at radius 1 is 1.11 bits per heavy atom. The standard InChI is InChI=1S/C20H19BrN2O4/c1-12(2)27-18-11-16(21)13(10-17(18)26-3)9-15-19(24)22-23(20(15)25)14-7-5-4-6-8-14/h4-12H,1-3H3,(H,22,24)/b15-9+. The maximum atomic E-state index is 12.7. The van der Waals surface area contributed by atoms with E-state index in [0.29, 0.717) is 27.2 Å². The number of benzene rings is 2. The molecule has 1 aliphatic rings. The second-order valence-corrected chi connectivity index (χ2v) is 7.02. The Labute approximate surface area is 165 Å². The van der Waals surface area contributed by atoms with E-state index >= 15 is 0 Å². The van der Waals surface area contributed by atoms with Gasteiger partial charge in [-0.05, 0) is 49.8 Å². The molecule has 1 aliphatic heterocycles. The average molecular weight is 431 g/mol. The molecule has 2 amide bonds. The van der Waals surface area contributed by atoms with Crippen LogP contribution in [0.4, 0.5) is 5.69 Å². The first-order chi connectivity index (χ1) is 12.9. The number of halogens is 1. The zero-order chi connectivity index (χ0) is 19.6. The number of nitrogens with one attached hydrogen (secondary N) is 1. The van der Waals surface area contributed by atoms with Gasteiger partial charge < -0.3 is 9.47 Å². The summed E-state index contributed by atoms with van der Waals surface area (Å²) < 4.78 is 11.8. The summed E-state index contributed by atoms with van der Waals surface area (Å²) in [6.07, 6.45) is 1.52. The van der Waals surface area contributed by atoms with Gasteiger partial charge >= 0.3 is 0 Å². The topological polar surface area (TPSA) is 67.9 Å². The lowest BCUT2D eigenvalue weighted by atomic mass is 10.1. The van der Waals surface area contributed by atoms with Crippen molar-refractivity contribution in [3.8, 4) is 11.5 Å². The third kappa shape index (κ3) is 3.98. The molecule has 0 aromatic heterocycles. The van der Waals surface area contributed by atoms with Crippen LogP contribution in [0.3, 0.4) is 0 Å². The van der Waals surface area contributed by atoms with Gasteiger partial charge in [0.15, 0.2) is 11.5 Å². The fourth-order valence-electron chi connectivity index (χ4n) is 2.64. The lowest BCUT2D eigenvalue weighted by Crippen LogP contribution is -2.35. The van der Waals surface area contributed by atoms with E-state index in [-0.39, 0.29) is 11.7 Å². The average Bonchev–Trinajstić information content (AvgIpc) is 2.92. The van der Waals surface area contributed by atoms with Crippen molar-refractivity contribution in [2.75, 3.05) is 12.1 Å². The summed E-state index contributed by atoms with van der Waals surface area (Å²) in [5.41, 5.74) is 3.85. The Morgan fingerprint density at radius 2 is 1.81 bits per heavy atom. The number of hydrazine groups is 1. The SMILES string of the molecule is COc1cc(/C=C2\C(=O)NN(c3ccccc3)C2=O)c(Br)cc1OC(C)C. The lowest BCUT2D eigenvalue weighted by Gasteiger charge is -2.15. The first kappa shape index (κ1) is 19.0. The molecule has 1 N–H and O–H groups in total. The zero-order valence-electron chi connectivity index (χ0n) is 15.2. The summed E-state index contributed by atoms with van der Waals surface area (Å²) >= 11 is 3.47. The monoisotopic (exact) mass is 430 g/mol. The number of amides is 2. The van der Waals surface area contributed by atoms with Crippen molar-refractivity contribution in [2.24, 2.45) is 0 Å². The van der Waals surface area contributed by atoms with Crippen LogP contribution in [0, 0.1) is 0 Å². The van der Waals surface area contributed by atoms with E-state index in [2.05, 4.69) is 21.4 Å². The van der Waals surface area contributed by atoms with Gasteiger partial charge in [-0.25, -0.2) is 5.01 Å². The zero-order valence-corrected chi connectivity index (χ0v) is 16.7. The van der Waals surface area contributed by atoms with Crippen molar-refractivity contribution < 1.29 is 19.1 Å². The van der Waals surface area contributed by atoms with Gasteiger partial charge in [0.1, 0.15) is 5.57 Å². The fraction of sp³-hybridized carbons (Fsp3) is 0.200. The van der Waals surface area contributed by atoms with Crippen molar-refractivity contribution in [1.29, 1.82) is 0 Å². The smallest absolute Gasteiger partial charge is 0.282 e. The summed E-state index contributed by atoms with van der Waals surface area (Å²) in [4.78, 5) is 25.0. The molecule has 2 aromatic rings. The number of para-hydroxylation sites is 1. The van der Waals surface area contributed by atoms with Crippen molar-refractivity contribution in [2.45, 2.75) is 20.0 Å². The molecule has 1 heterocycles. The lowest BCUT2D eigenvalue weighted by molar-refractivity contribution is -0.117. The van der Waals surface area contributed by atoms with Gasteiger partial charge in [0.2, 0.25) is 0 Å². The van der Waals surface area contributed by atoms with Crippen molar-refractivity contribution in [1.82, 2.24) is 5.43 Å².